The zero-order chi connectivity index (χ0) is 23.4. The van der Waals surface area contributed by atoms with Crippen LogP contribution in [0.5, 0.6) is 0 Å². The molecule has 0 bridgehead atoms. The van der Waals surface area contributed by atoms with Gasteiger partial charge in [-0.05, 0) is 43.3 Å². The molecule has 2 aromatic carbocycles. The Hall–Kier alpha value is -4.34. The van der Waals surface area contributed by atoms with Gasteiger partial charge in [-0.3, -0.25) is 19.0 Å². The molecule has 0 saturated heterocycles. The fourth-order valence-electron chi connectivity index (χ4n) is 3.24. The minimum Gasteiger partial charge on any atom is -0.456 e. The number of nitrogens with zero attached hydrogens (tertiary/aromatic N) is 4. The summed E-state index contributed by atoms with van der Waals surface area (Å²) in [7, 11) is 0. The Bertz CT molecular complexity index is 1380. The first kappa shape index (κ1) is 21.9. The van der Waals surface area contributed by atoms with E-state index in [0.717, 1.165) is 0 Å². The number of nitrogens with one attached hydrogen (secondary N) is 1. The number of aromatic nitrogens is 4. The summed E-state index contributed by atoms with van der Waals surface area (Å²) in [5, 5.41) is 7.37. The van der Waals surface area contributed by atoms with Crippen LogP contribution in [0.1, 0.15) is 12.1 Å². The Kier molecular flexibility index (Phi) is 6.25. The molecule has 0 aliphatic carbocycles. The second-order valence-electron chi connectivity index (χ2n) is 7.28. The molecule has 0 spiro atoms. The minimum absolute atomic E-state index is 0.0770. The van der Waals surface area contributed by atoms with E-state index in [1.54, 1.807) is 37.3 Å². The van der Waals surface area contributed by atoms with Crippen molar-refractivity contribution >= 4 is 28.6 Å². The van der Waals surface area contributed by atoms with E-state index in [2.05, 4.69) is 15.4 Å². The minimum atomic E-state index is -0.631. The van der Waals surface area contributed by atoms with Crippen molar-refractivity contribution in [3.05, 3.63) is 82.8 Å². The molecule has 33 heavy (non-hydrogen) atoms. The van der Waals surface area contributed by atoms with Crippen LogP contribution in [-0.2, 0) is 20.9 Å². The number of para-hydroxylation sites is 1. The van der Waals surface area contributed by atoms with Crippen LogP contribution in [0, 0.1) is 12.7 Å². The molecule has 0 aliphatic rings. The molecule has 0 radical (unpaired) electrons. The van der Waals surface area contributed by atoms with Crippen LogP contribution >= 0.6 is 0 Å². The van der Waals surface area contributed by atoms with Crippen molar-refractivity contribution in [2.45, 2.75) is 19.9 Å². The molecule has 2 heterocycles. The number of hydrogen-bond donors (Lipinski definition) is 1. The monoisotopic (exact) mass is 449 g/mol. The highest BCUT2D eigenvalue weighted by Crippen LogP contribution is 2.17. The van der Waals surface area contributed by atoms with E-state index in [4.69, 9.17) is 4.74 Å². The van der Waals surface area contributed by atoms with Gasteiger partial charge in [0.15, 0.2) is 6.61 Å². The van der Waals surface area contributed by atoms with Crippen LogP contribution in [-0.4, -0.2) is 37.8 Å². The van der Waals surface area contributed by atoms with Gasteiger partial charge in [-0.15, -0.1) is 0 Å². The molecule has 0 unspecified atom stereocenters. The average Bonchev–Trinajstić information content (AvgIpc) is 3.17. The van der Waals surface area contributed by atoms with Gasteiger partial charge >= 0.3 is 5.97 Å². The fraction of sp³-hybridized carbons (Fsp3) is 0.174. The zero-order valence-electron chi connectivity index (χ0n) is 17.7. The highest BCUT2D eigenvalue weighted by atomic mass is 19.1. The normalized spacial score (nSPS) is 10.8. The number of anilines is 1. The van der Waals surface area contributed by atoms with Crippen molar-refractivity contribution < 1.29 is 18.7 Å². The van der Waals surface area contributed by atoms with Crippen molar-refractivity contribution in [2.24, 2.45) is 0 Å². The van der Waals surface area contributed by atoms with E-state index in [-0.39, 0.29) is 24.3 Å². The number of carbonyl (C=O) groups excluding carboxylic acids is 2. The third-order valence-corrected chi connectivity index (χ3v) is 4.82. The quantitative estimate of drug-likeness (QED) is 0.435. The molecule has 10 heteroatoms. The SMILES string of the molecule is Cc1cc(NC(=O)COC(=O)CCn2cnc3ccccc3c2=O)n(-c2ccc(F)cc2)n1. The third kappa shape index (κ3) is 5.12. The van der Waals surface area contributed by atoms with Crippen LogP contribution < -0.4 is 10.9 Å². The lowest BCUT2D eigenvalue weighted by molar-refractivity contribution is -0.147. The first-order chi connectivity index (χ1) is 15.9. The van der Waals surface area contributed by atoms with Gasteiger partial charge in [0.05, 0.1) is 35.0 Å². The van der Waals surface area contributed by atoms with Gasteiger partial charge in [-0.2, -0.15) is 5.10 Å². The Morgan fingerprint density at radius 3 is 2.67 bits per heavy atom. The number of fused-ring (bicyclic) bond motifs is 1. The fourth-order valence-corrected chi connectivity index (χ4v) is 3.24. The van der Waals surface area contributed by atoms with E-state index in [1.165, 1.54) is 39.8 Å². The number of amides is 1. The van der Waals surface area contributed by atoms with Crippen LogP contribution in [0.2, 0.25) is 0 Å². The van der Waals surface area contributed by atoms with Crippen molar-refractivity contribution in [3.8, 4) is 5.69 Å². The standard InChI is InChI=1S/C23H20FN5O4/c1-15-12-20(29(27-15)17-8-6-16(24)7-9-17)26-21(30)13-33-22(31)10-11-28-14-25-19-5-3-2-4-18(19)23(28)32/h2-9,12,14H,10-11,13H2,1H3,(H,26,30). The van der Waals surface area contributed by atoms with E-state index >= 15 is 0 Å². The number of rotatable bonds is 7. The van der Waals surface area contributed by atoms with Gasteiger partial charge in [0.2, 0.25) is 0 Å². The zero-order valence-corrected chi connectivity index (χ0v) is 17.7. The maximum atomic E-state index is 13.2. The summed E-state index contributed by atoms with van der Waals surface area (Å²) in [4.78, 5) is 41.0. The molecular formula is C23H20FN5O4. The van der Waals surface area contributed by atoms with Gasteiger partial charge in [-0.25, -0.2) is 14.1 Å². The van der Waals surface area contributed by atoms with Crippen LogP contribution in [0.25, 0.3) is 16.6 Å². The van der Waals surface area contributed by atoms with Gasteiger partial charge in [0, 0.05) is 12.6 Å². The molecule has 0 atom stereocenters. The van der Waals surface area contributed by atoms with Crippen LogP contribution in [0.3, 0.4) is 0 Å². The number of carbonyl (C=O) groups is 2. The Morgan fingerprint density at radius 1 is 1.12 bits per heavy atom. The van der Waals surface area contributed by atoms with E-state index in [1.807, 2.05) is 0 Å². The lowest BCUT2D eigenvalue weighted by Gasteiger charge is -2.10. The van der Waals surface area contributed by atoms with E-state index in [0.29, 0.717) is 28.1 Å². The Morgan fingerprint density at radius 2 is 1.88 bits per heavy atom. The molecule has 4 aromatic rings. The summed E-state index contributed by atoms with van der Waals surface area (Å²) in [6.45, 7) is 1.32. The second-order valence-corrected chi connectivity index (χ2v) is 7.28. The van der Waals surface area contributed by atoms with E-state index < -0.39 is 18.5 Å². The third-order valence-electron chi connectivity index (χ3n) is 4.82. The Balaban J connectivity index is 1.32. The molecule has 0 fully saturated rings. The second kappa shape index (κ2) is 9.43. The lowest BCUT2D eigenvalue weighted by Crippen LogP contribution is -2.25. The smallest absolute Gasteiger partial charge is 0.308 e. The maximum absolute atomic E-state index is 13.2. The molecule has 1 N–H and O–H groups in total. The molecule has 1 amide bonds. The first-order valence-corrected chi connectivity index (χ1v) is 10.1. The molecule has 4 rings (SSSR count). The number of benzene rings is 2. The molecule has 0 aliphatic heterocycles. The van der Waals surface area contributed by atoms with Crippen LogP contribution in [0.4, 0.5) is 10.2 Å². The number of esters is 1. The highest BCUT2D eigenvalue weighted by molar-refractivity contribution is 5.92. The summed E-state index contributed by atoms with van der Waals surface area (Å²) in [6, 6.07) is 14.2. The molecule has 9 nitrogen and oxygen atoms in total. The molecule has 168 valence electrons. The van der Waals surface area contributed by atoms with Crippen LogP contribution in [0.15, 0.2) is 65.7 Å². The predicted octanol–water partition coefficient (Wildman–Crippen LogP) is 2.60. The van der Waals surface area contributed by atoms with Gasteiger partial charge in [0.1, 0.15) is 11.6 Å². The summed E-state index contributed by atoms with van der Waals surface area (Å²) < 4.78 is 21.0. The largest absolute Gasteiger partial charge is 0.456 e. The maximum Gasteiger partial charge on any atom is 0.308 e. The molecule has 0 saturated carbocycles. The first-order valence-electron chi connectivity index (χ1n) is 10.1. The van der Waals surface area contributed by atoms with Gasteiger partial charge < -0.3 is 10.1 Å². The van der Waals surface area contributed by atoms with Crippen molar-refractivity contribution in [2.75, 3.05) is 11.9 Å². The highest BCUT2D eigenvalue weighted by Gasteiger charge is 2.14. The summed E-state index contributed by atoms with van der Waals surface area (Å²) in [5.41, 5.74) is 1.52. The van der Waals surface area contributed by atoms with Crippen molar-refractivity contribution in [1.82, 2.24) is 19.3 Å². The van der Waals surface area contributed by atoms with Crippen molar-refractivity contribution in [3.63, 3.8) is 0 Å². The lowest BCUT2D eigenvalue weighted by atomic mass is 10.2. The number of aryl methyl sites for hydroxylation is 2. The van der Waals surface area contributed by atoms with Crippen molar-refractivity contribution in [1.29, 1.82) is 0 Å². The Labute approximate surface area is 187 Å². The van der Waals surface area contributed by atoms with Gasteiger partial charge in [0.25, 0.3) is 11.5 Å². The summed E-state index contributed by atoms with van der Waals surface area (Å²) >= 11 is 0. The molecular weight excluding hydrogens is 429 g/mol. The average molecular weight is 449 g/mol. The summed E-state index contributed by atoms with van der Waals surface area (Å²) in [6.07, 6.45) is 1.28. The van der Waals surface area contributed by atoms with Gasteiger partial charge in [-0.1, -0.05) is 12.1 Å². The number of halogens is 1. The van der Waals surface area contributed by atoms with E-state index in [9.17, 15) is 18.8 Å². The summed E-state index contributed by atoms with van der Waals surface area (Å²) in [5.74, 6) is -1.22. The topological polar surface area (TPSA) is 108 Å². The predicted molar refractivity (Wildman–Crippen MR) is 118 cm³/mol. The number of ether oxygens (including phenoxy) is 1. The molecule has 2 aromatic heterocycles. The number of hydrogen-bond acceptors (Lipinski definition) is 6.